The average molecular weight is 540 g/mol. The van der Waals surface area contributed by atoms with E-state index < -0.39 is 5.97 Å². The topological polar surface area (TPSA) is 108 Å². The Bertz CT molecular complexity index is 1190. The highest BCUT2D eigenvalue weighted by Crippen LogP contribution is 2.43. The molecule has 2 aliphatic rings. The summed E-state index contributed by atoms with van der Waals surface area (Å²) in [4.78, 5) is 39.1. The predicted octanol–water partition coefficient (Wildman–Crippen LogP) is 5.99. The molecule has 0 bridgehead atoms. The number of carboxylic acid groups (broad SMARTS) is 1. The number of hydrogen-bond donors (Lipinski definition) is 3. The quantitative estimate of drug-likeness (QED) is 0.400. The molecule has 210 valence electrons. The first kappa shape index (κ1) is 28.4. The number of nitrogens with zero attached hydrogens (tertiary/aromatic N) is 1. The fraction of sp³-hybridized carbons (Fsp3) is 0.500. The van der Waals surface area contributed by atoms with Gasteiger partial charge in [-0.2, -0.15) is 0 Å². The molecule has 1 atom stereocenters. The summed E-state index contributed by atoms with van der Waals surface area (Å²) in [6.45, 7) is 7.21. The van der Waals surface area contributed by atoms with Gasteiger partial charge in [0, 0.05) is 35.8 Å². The van der Waals surface area contributed by atoms with E-state index in [4.69, 9.17) is 9.84 Å². The van der Waals surface area contributed by atoms with Crippen LogP contribution in [0.5, 0.6) is 5.75 Å². The van der Waals surface area contributed by atoms with Crippen molar-refractivity contribution in [2.24, 2.45) is 11.3 Å². The molecule has 2 aromatic rings. The van der Waals surface area contributed by atoms with Gasteiger partial charge in [0.25, 0.3) is 5.91 Å². The number of nitrogens with one attached hydrogen (secondary N) is 2. The van der Waals surface area contributed by atoms with Gasteiger partial charge < -0.3 is 25.4 Å². The number of ether oxygens (including phenoxy) is 1. The summed E-state index contributed by atoms with van der Waals surface area (Å²) in [7, 11) is 0. The Morgan fingerprint density at radius 3 is 2.36 bits per heavy atom. The van der Waals surface area contributed by atoms with Crippen molar-refractivity contribution in [1.29, 1.82) is 0 Å². The summed E-state index contributed by atoms with van der Waals surface area (Å²) < 4.78 is 19.4. The first-order chi connectivity index (χ1) is 18.5. The molecule has 0 saturated heterocycles. The number of carbonyl (C=O) groups is 3. The summed E-state index contributed by atoms with van der Waals surface area (Å²) >= 11 is 0. The van der Waals surface area contributed by atoms with E-state index in [1.165, 1.54) is 12.1 Å². The van der Waals surface area contributed by atoms with Crippen LogP contribution in [0.25, 0.3) is 0 Å². The number of carbonyl (C=O) groups excluding carboxylic acids is 2. The van der Waals surface area contributed by atoms with Crippen LogP contribution in [0.15, 0.2) is 42.5 Å². The van der Waals surface area contributed by atoms with E-state index in [0.717, 1.165) is 31.2 Å². The highest BCUT2D eigenvalue weighted by Gasteiger charge is 2.39. The molecule has 1 aliphatic carbocycles. The van der Waals surface area contributed by atoms with Crippen LogP contribution in [0.3, 0.4) is 0 Å². The summed E-state index contributed by atoms with van der Waals surface area (Å²) in [5.41, 5.74) is 1.93. The van der Waals surface area contributed by atoms with Gasteiger partial charge in [0.05, 0.1) is 19.1 Å². The van der Waals surface area contributed by atoms with Crippen molar-refractivity contribution in [2.75, 3.05) is 18.5 Å². The number of urea groups is 1. The summed E-state index contributed by atoms with van der Waals surface area (Å²) in [5, 5.41) is 14.4. The molecule has 8 nitrogen and oxygen atoms in total. The van der Waals surface area contributed by atoms with Crippen molar-refractivity contribution in [3.8, 4) is 5.75 Å². The van der Waals surface area contributed by atoms with Crippen LogP contribution in [0.4, 0.5) is 14.9 Å². The first-order valence-electron chi connectivity index (χ1n) is 13.6. The first-order valence-corrected chi connectivity index (χ1v) is 13.6. The molecule has 39 heavy (non-hydrogen) atoms. The Morgan fingerprint density at radius 1 is 1.03 bits per heavy atom. The molecule has 3 N–H and O–H groups in total. The maximum atomic E-state index is 13.8. The third kappa shape index (κ3) is 7.07. The summed E-state index contributed by atoms with van der Waals surface area (Å²) in [6, 6.07) is 10.4. The zero-order chi connectivity index (χ0) is 28.2. The molecule has 9 heteroatoms. The highest BCUT2D eigenvalue weighted by atomic mass is 19.1. The summed E-state index contributed by atoms with van der Waals surface area (Å²) in [5.74, 6) is -0.606. The number of fused-ring (bicyclic) bond motifs is 1. The van der Waals surface area contributed by atoms with E-state index in [1.54, 1.807) is 24.3 Å². The number of aliphatic carboxylic acids is 1. The second-order valence-electron chi connectivity index (χ2n) is 11.5. The normalized spacial score (nSPS) is 20.8. The standard InChI is InChI=1S/C30H38FN3O5/c1-30(2,3)20-5-11-23(12-6-20)34(29(38)33-22-9-7-21(31)8-10-22)25-15-17-39-26-18-19(4-13-24(25)26)28(37)32-16-14-27(35)36/h4,7-10,13,18,20,23,25H,5-6,11-12,14-17H2,1-3H3,(H,32,37)(H,33,38)(H,35,36). The molecule has 1 fully saturated rings. The van der Waals surface area contributed by atoms with Crippen LogP contribution >= 0.6 is 0 Å². The summed E-state index contributed by atoms with van der Waals surface area (Å²) in [6.07, 6.45) is 4.27. The van der Waals surface area contributed by atoms with Gasteiger partial charge in [-0.25, -0.2) is 9.18 Å². The Morgan fingerprint density at radius 2 is 1.72 bits per heavy atom. The van der Waals surface area contributed by atoms with Crippen LogP contribution in [0.2, 0.25) is 0 Å². The third-order valence-corrected chi connectivity index (χ3v) is 7.89. The number of halogens is 1. The molecule has 4 rings (SSSR count). The minimum Gasteiger partial charge on any atom is -0.493 e. The van der Waals surface area contributed by atoms with Crippen molar-refractivity contribution in [2.45, 2.75) is 71.4 Å². The lowest BCUT2D eigenvalue weighted by atomic mass is 9.71. The van der Waals surface area contributed by atoms with Crippen LogP contribution in [0, 0.1) is 17.2 Å². The molecule has 1 heterocycles. The maximum Gasteiger partial charge on any atom is 0.322 e. The van der Waals surface area contributed by atoms with Crippen LogP contribution in [0.1, 0.15) is 81.3 Å². The van der Waals surface area contributed by atoms with E-state index in [0.29, 0.717) is 35.9 Å². The fourth-order valence-corrected chi connectivity index (χ4v) is 5.69. The Kier molecular flexibility index (Phi) is 8.77. The van der Waals surface area contributed by atoms with E-state index in [9.17, 15) is 18.8 Å². The number of carboxylic acids is 1. The van der Waals surface area contributed by atoms with Crippen molar-refractivity contribution in [1.82, 2.24) is 10.2 Å². The zero-order valence-electron chi connectivity index (χ0n) is 22.8. The molecule has 3 amide bonds. The van der Waals surface area contributed by atoms with Crippen LogP contribution in [-0.4, -0.2) is 47.1 Å². The average Bonchev–Trinajstić information content (AvgIpc) is 2.89. The van der Waals surface area contributed by atoms with Gasteiger partial charge in [-0.15, -0.1) is 0 Å². The molecule has 1 aliphatic heterocycles. The van der Waals surface area contributed by atoms with Crippen LogP contribution < -0.4 is 15.4 Å². The number of rotatable bonds is 7. The van der Waals surface area contributed by atoms with E-state index in [2.05, 4.69) is 31.4 Å². The van der Waals surface area contributed by atoms with Gasteiger partial charge in [-0.1, -0.05) is 26.8 Å². The van der Waals surface area contributed by atoms with Gasteiger partial charge in [-0.3, -0.25) is 9.59 Å². The Labute approximate surface area is 228 Å². The number of hydrogen-bond acceptors (Lipinski definition) is 4. The fourth-order valence-electron chi connectivity index (χ4n) is 5.69. The number of benzene rings is 2. The van der Waals surface area contributed by atoms with Crippen molar-refractivity contribution >= 4 is 23.6 Å². The molecule has 0 radical (unpaired) electrons. The zero-order valence-corrected chi connectivity index (χ0v) is 22.8. The predicted molar refractivity (Wildman–Crippen MR) is 146 cm³/mol. The van der Waals surface area contributed by atoms with Crippen molar-refractivity contribution in [3.05, 3.63) is 59.4 Å². The van der Waals surface area contributed by atoms with Gasteiger partial charge >= 0.3 is 12.0 Å². The van der Waals surface area contributed by atoms with Crippen molar-refractivity contribution in [3.63, 3.8) is 0 Å². The minimum absolute atomic E-state index is 0.0268. The lowest BCUT2D eigenvalue weighted by molar-refractivity contribution is -0.136. The van der Waals surface area contributed by atoms with Crippen LogP contribution in [-0.2, 0) is 4.79 Å². The smallest absolute Gasteiger partial charge is 0.322 e. The molecule has 0 aromatic heterocycles. The SMILES string of the molecule is CC(C)(C)C1CCC(N(C(=O)Nc2ccc(F)cc2)C2CCOc3cc(C(=O)NCCC(=O)O)ccc32)CC1. The van der Waals surface area contributed by atoms with Gasteiger partial charge in [0.15, 0.2) is 0 Å². The lowest BCUT2D eigenvalue weighted by Gasteiger charge is -2.45. The monoisotopic (exact) mass is 539 g/mol. The second-order valence-corrected chi connectivity index (χ2v) is 11.5. The van der Waals surface area contributed by atoms with E-state index >= 15 is 0 Å². The van der Waals surface area contributed by atoms with Gasteiger partial charge in [-0.05, 0) is 73.4 Å². The highest BCUT2D eigenvalue weighted by molar-refractivity contribution is 5.95. The molecule has 0 spiro atoms. The van der Waals surface area contributed by atoms with Gasteiger partial charge in [0.2, 0.25) is 0 Å². The third-order valence-electron chi connectivity index (χ3n) is 7.89. The molecular weight excluding hydrogens is 501 g/mol. The largest absolute Gasteiger partial charge is 0.493 e. The van der Waals surface area contributed by atoms with Crippen molar-refractivity contribution < 1.29 is 28.6 Å². The number of amides is 3. The molecular formula is C30H38FN3O5. The minimum atomic E-state index is -0.984. The second kappa shape index (κ2) is 12.1. The van der Waals surface area contributed by atoms with E-state index in [-0.39, 0.29) is 48.2 Å². The Hall–Kier alpha value is -3.62. The maximum absolute atomic E-state index is 13.8. The molecule has 2 aromatic carbocycles. The Balaban J connectivity index is 1.58. The van der Waals surface area contributed by atoms with Gasteiger partial charge in [0.1, 0.15) is 11.6 Å². The lowest BCUT2D eigenvalue weighted by Crippen LogP contribution is -2.48. The molecule has 1 unspecified atom stereocenters. The van der Waals surface area contributed by atoms with E-state index in [1.807, 2.05) is 11.0 Å². The number of anilines is 1. The molecule has 1 saturated carbocycles.